The molecular formula is C26H26ClFN6O. The molecule has 0 saturated heterocycles. The van der Waals surface area contributed by atoms with Crippen LogP contribution in [0.2, 0.25) is 5.02 Å². The van der Waals surface area contributed by atoms with Gasteiger partial charge in [-0.2, -0.15) is 14.9 Å². The Kier molecular flexibility index (Phi) is 6.17. The lowest BCUT2D eigenvalue weighted by Crippen LogP contribution is -2.35. The third kappa shape index (κ3) is 4.47. The minimum absolute atomic E-state index is 0.232. The van der Waals surface area contributed by atoms with Gasteiger partial charge in [-0.05, 0) is 56.9 Å². The number of hydrogen-bond acceptors (Lipinski definition) is 5. The van der Waals surface area contributed by atoms with E-state index in [1.54, 1.807) is 12.1 Å². The van der Waals surface area contributed by atoms with Gasteiger partial charge in [0.25, 0.3) is 5.56 Å². The predicted molar refractivity (Wildman–Crippen MR) is 137 cm³/mol. The highest BCUT2D eigenvalue weighted by molar-refractivity contribution is 6.33. The molecule has 0 bridgehead atoms. The van der Waals surface area contributed by atoms with Crippen LogP contribution in [0.5, 0.6) is 0 Å². The molecule has 2 aromatic carbocycles. The predicted octanol–water partition coefficient (Wildman–Crippen LogP) is 4.47. The molecule has 1 atom stereocenters. The Morgan fingerprint density at radius 1 is 1.14 bits per heavy atom. The third-order valence-electron chi connectivity index (χ3n) is 6.15. The summed E-state index contributed by atoms with van der Waals surface area (Å²) in [5.74, 6) is 0.744. The maximum atomic E-state index is 13.8. The quantitative estimate of drug-likeness (QED) is 0.445. The fourth-order valence-corrected chi connectivity index (χ4v) is 4.85. The molecule has 0 amide bonds. The number of rotatable bonds is 5. The van der Waals surface area contributed by atoms with Crippen LogP contribution in [0, 0.1) is 18.7 Å². The van der Waals surface area contributed by atoms with E-state index >= 15 is 0 Å². The Morgan fingerprint density at radius 2 is 1.94 bits per heavy atom. The summed E-state index contributed by atoms with van der Waals surface area (Å²) in [6.45, 7) is 4.33. The molecule has 0 saturated carbocycles. The van der Waals surface area contributed by atoms with E-state index in [4.69, 9.17) is 21.8 Å². The van der Waals surface area contributed by atoms with E-state index in [9.17, 15) is 9.18 Å². The number of anilines is 1. The van der Waals surface area contributed by atoms with Crippen LogP contribution >= 0.6 is 11.6 Å². The normalized spacial score (nSPS) is 15.2. The first-order valence-electron chi connectivity index (χ1n) is 11.4. The number of nitrogens with zero attached hydrogens (tertiary/aromatic N) is 5. The Balaban J connectivity index is 1.70. The van der Waals surface area contributed by atoms with Crippen LogP contribution < -0.4 is 10.9 Å². The number of aromatic nitrogens is 4. The lowest BCUT2D eigenvalue weighted by molar-refractivity contribution is 0.293. The molecule has 3 heterocycles. The number of fused-ring (bicyclic) bond motifs is 1. The lowest BCUT2D eigenvalue weighted by Gasteiger charge is -2.27. The van der Waals surface area contributed by atoms with Crippen molar-refractivity contribution in [3.8, 4) is 28.2 Å². The molecule has 9 heteroatoms. The second-order valence-electron chi connectivity index (χ2n) is 9.14. The zero-order valence-corrected chi connectivity index (χ0v) is 20.6. The second-order valence-corrected chi connectivity index (χ2v) is 9.55. The molecule has 7 nitrogen and oxygen atoms in total. The molecule has 180 valence electrons. The fraction of sp³-hybridized carbons (Fsp3) is 0.269. The van der Waals surface area contributed by atoms with E-state index in [-0.39, 0.29) is 10.6 Å². The highest BCUT2D eigenvalue weighted by Crippen LogP contribution is 2.41. The van der Waals surface area contributed by atoms with E-state index in [1.807, 2.05) is 50.0 Å². The summed E-state index contributed by atoms with van der Waals surface area (Å²) in [5, 5.41) is 13.4. The summed E-state index contributed by atoms with van der Waals surface area (Å²) in [5.41, 5.74) is 3.90. The molecule has 35 heavy (non-hydrogen) atoms. The summed E-state index contributed by atoms with van der Waals surface area (Å²) in [6.07, 6.45) is 0. The second kappa shape index (κ2) is 9.28. The van der Waals surface area contributed by atoms with Gasteiger partial charge >= 0.3 is 0 Å². The van der Waals surface area contributed by atoms with Gasteiger partial charge in [-0.3, -0.25) is 4.79 Å². The number of hydrogen-bond donors (Lipinski definition) is 1. The molecule has 1 aliphatic heterocycles. The van der Waals surface area contributed by atoms with Crippen molar-refractivity contribution < 1.29 is 4.39 Å². The summed E-state index contributed by atoms with van der Waals surface area (Å²) >= 11 is 6.47. The smallest absolute Gasteiger partial charge is 0.271 e. The molecular weight excluding hydrogens is 467 g/mol. The van der Waals surface area contributed by atoms with Crippen LogP contribution in [0.1, 0.15) is 5.56 Å². The first kappa shape index (κ1) is 23.3. The zero-order chi connectivity index (χ0) is 24.7. The van der Waals surface area contributed by atoms with Gasteiger partial charge < -0.3 is 10.2 Å². The first-order valence-corrected chi connectivity index (χ1v) is 11.8. The van der Waals surface area contributed by atoms with Crippen molar-refractivity contribution in [2.45, 2.75) is 13.5 Å². The average molecular weight is 493 g/mol. The highest BCUT2D eigenvalue weighted by Gasteiger charge is 2.29. The van der Waals surface area contributed by atoms with Crippen LogP contribution in [0.15, 0.2) is 59.4 Å². The molecule has 0 fully saturated rings. The molecule has 1 aliphatic rings. The molecule has 0 radical (unpaired) electrons. The summed E-state index contributed by atoms with van der Waals surface area (Å²) in [7, 11) is 4.10. The van der Waals surface area contributed by atoms with Crippen LogP contribution in [-0.4, -0.2) is 51.6 Å². The largest absolute Gasteiger partial charge is 0.369 e. The van der Waals surface area contributed by atoms with Crippen molar-refractivity contribution in [3.63, 3.8) is 0 Å². The van der Waals surface area contributed by atoms with E-state index < -0.39 is 5.82 Å². The molecule has 1 N–H and O–H groups in total. The topological polar surface area (TPSA) is 68.0 Å². The van der Waals surface area contributed by atoms with Crippen molar-refractivity contribution in [1.82, 2.24) is 24.5 Å². The molecule has 1 unspecified atom stereocenters. The van der Waals surface area contributed by atoms with Crippen LogP contribution in [-0.2, 0) is 6.54 Å². The standard InChI is InChI=1S/C26H26ClFN6O/c1-16-6-4-5-7-22(16)34-23(35)11-10-21(30-34)24-25(19-9-8-18(28)12-20(19)27)31-33-15-17(14-32(2)3)13-29-26(24)33/h4-12,17,29H,13-15H2,1-3H3. The summed E-state index contributed by atoms with van der Waals surface area (Å²) < 4.78 is 17.2. The molecule has 5 rings (SSSR count). The van der Waals surface area contributed by atoms with E-state index in [2.05, 4.69) is 10.2 Å². The fourth-order valence-electron chi connectivity index (χ4n) is 4.59. The van der Waals surface area contributed by atoms with Gasteiger partial charge in [0.1, 0.15) is 17.3 Å². The maximum absolute atomic E-state index is 13.8. The van der Waals surface area contributed by atoms with E-state index in [0.29, 0.717) is 35.1 Å². The van der Waals surface area contributed by atoms with Crippen molar-refractivity contribution >= 4 is 17.4 Å². The van der Waals surface area contributed by atoms with Gasteiger partial charge in [0.2, 0.25) is 0 Å². The number of para-hydroxylation sites is 1. The monoisotopic (exact) mass is 492 g/mol. The van der Waals surface area contributed by atoms with Crippen molar-refractivity contribution in [2.24, 2.45) is 5.92 Å². The molecule has 0 spiro atoms. The van der Waals surface area contributed by atoms with E-state index in [1.165, 1.54) is 22.9 Å². The Morgan fingerprint density at radius 3 is 2.69 bits per heavy atom. The first-order chi connectivity index (χ1) is 16.8. The number of aryl methyl sites for hydroxylation is 1. The molecule has 4 aromatic rings. The minimum atomic E-state index is -0.417. The Bertz CT molecular complexity index is 1460. The van der Waals surface area contributed by atoms with Gasteiger partial charge in [-0.1, -0.05) is 29.8 Å². The third-order valence-corrected chi connectivity index (χ3v) is 6.46. The Labute approximate surface area is 207 Å². The minimum Gasteiger partial charge on any atom is -0.369 e. The van der Waals surface area contributed by atoms with Gasteiger partial charge in [0.15, 0.2) is 0 Å². The highest BCUT2D eigenvalue weighted by atomic mass is 35.5. The summed E-state index contributed by atoms with van der Waals surface area (Å²) in [4.78, 5) is 14.9. The lowest BCUT2D eigenvalue weighted by atomic mass is 10.0. The number of benzene rings is 2. The van der Waals surface area contributed by atoms with Crippen molar-refractivity contribution in [3.05, 3.63) is 81.4 Å². The summed E-state index contributed by atoms with van der Waals surface area (Å²) in [6, 6.07) is 15.1. The van der Waals surface area contributed by atoms with E-state index in [0.717, 1.165) is 30.0 Å². The van der Waals surface area contributed by atoms with Crippen molar-refractivity contribution in [2.75, 3.05) is 32.5 Å². The van der Waals surface area contributed by atoms with Crippen LogP contribution in [0.25, 0.3) is 28.2 Å². The van der Waals surface area contributed by atoms with Crippen LogP contribution in [0.4, 0.5) is 10.2 Å². The SMILES string of the molecule is Cc1ccccc1-n1nc(-c2c(-c3ccc(F)cc3Cl)nn3c2NCC(CN(C)C)C3)ccc1=O. The van der Waals surface area contributed by atoms with Gasteiger partial charge in [-0.15, -0.1) is 0 Å². The van der Waals surface area contributed by atoms with Crippen molar-refractivity contribution in [1.29, 1.82) is 0 Å². The van der Waals surface area contributed by atoms with Crippen LogP contribution in [0.3, 0.4) is 0 Å². The maximum Gasteiger partial charge on any atom is 0.271 e. The number of halogens is 2. The average Bonchev–Trinajstić information content (AvgIpc) is 3.18. The number of nitrogens with one attached hydrogen (secondary N) is 1. The zero-order valence-electron chi connectivity index (χ0n) is 19.8. The van der Waals surface area contributed by atoms with Gasteiger partial charge in [0, 0.05) is 37.2 Å². The van der Waals surface area contributed by atoms with Gasteiger partial charge in [-0.25, -0.2) is 9.07 Å². The molecule has 0 aliphatic carbocycles. The molecule has 2 aromatic heterocycles. The van der Waals surface area contributed by atoms with Gasteiger partial charge in [0.05, 0.1) is 22.0 Å². The Hall–Kier alpha value is -3.49.